The van der Waals surface area contributed by atoms with Crippen LogP contribution in [0.25, 0.3) is 0 Å². The Kier molecular flexibility index (Phi) is 7.74. The van der Waals surface area contributed by atoms with Crippen molar-refractivity contribution in [2.24, 2.45) is 0 Å². The number of nitrogens with zero attached hydrogens (tertiary/aromatic N) is 2. The van der Waals surface area contributed by atoms with E-state index >= 15 is 0 Å². The van der Waals surface area contributed by atoms with Gasteiger partial charge in [0.15, 0.2) is 12.8 Å². The van der Waals surface area contributed by atoms with E-state index in [1.54, 1.807) is 30.3 Å². The van der Waals surface area contributed by atoms with Gasteiger partial charge in [-0.25, -0.2) is 9.36 Å². The molecular weight excluding hydrogens is 449 g/mol. The quantitative estimate of drug-likeness (QED) is 0.351. The van der Waals surface area contributed by atoms with Crippen LogP contribution in [0.1, 0.15) is 6.23 Å². The summed E-state index contributed by atoms with van der Waals surface area (Å²) in [6, 6.07) is 9.96. The van der Waals surface area contributed by atoms with Crippen molar-refractivity contribution in [2.75, 3.05) is 25.6 Å². The Bertz CT molecular complexity index is 1030. The van der Waals surface area contributed by atoms with Gasteiger partial charge in [-0.1, -0.05) is 18.2 Å². The van der Waals surface area contributed by atoms with E-state index < -0.39 is 50.6 Å². The zero-order valence-electron chi connectivity index (χ0n) is 16.8. The van der Waals surface area contributed by atoms with Gasteiger partial charge < -0.3 is 29.9 Å². The first-order valence-corrected chi connectivity index (χ1v) is 10.8. The summed E-state index contributed by atoms with van der Waals surface area (Å²) in [7, 11) is -3.36. The topological polar surface area (TPSA) is 179 Å². The van der Waals surface area contributed by atoms with Crippen molar-refractivity contribution >= 4 is 19.5 Å². The van der Waals surface area contributed by atoms with Gasteiger partial charge in [0.05, 0.1) is 6.61 Å². The molecule has 1 fully saturated rings. The highest BCUT2D eigenvalue weighted by Crippen LogP contribution is 2.43. The van der Waals surface area contributed by atoms with Crippen LogP contribution >= 0.6 is 7.82 Å². The minimum absolute atomic E-state index is 0.0536. The van der Waals surface area contributed by atoms with E-state index in [1.165, 1.54) is 12.3 Å². The lowest BCUT2D eigenvalue weighted by atomic mass is 10.1. The summed E-state index contributed by atoms with van der Waals surface area (Å²) in [5.74, 6) is -0.101. The van der Waals surface area contributed by atoms with Crippen molar-refractivity contribution in [3.63, 3.8) is 0 Å². The number of benzene rings is 1. The maximum atomic E-state index is 12.4. The molecule has 1 amide bonds. The van der Waals surface area contributed by atoms with E-state index in [0.717, 1.165) is 11.7 Å². The average Bonchev–Trinajstić information content (AvgIpc) is 3.06. The number of hydrogen-bond donors (Lipinski definition) is 4. The number of ether oxygens (including phenoxy) is 2. The Labute approximate surface area is 181 Å². The van der Waals surface area contributed by atoms with Gasteiger partial charge in [0, 0.05) is 13.3 Å². The highest BCUT2D eigenvalue weighted by atomic mass is 31.2. The van der Waals surface area contributed by atoms with Crippen LogP contribution in [0.3, 0.4) is 0 Å². The molecule has 1 saturated heterocycles. The average molecular weight is 471 g/mol. The third-order valence-electron chi connectivity index (χ3n) is 4.45. The normalized spacial score (nSPS) is 24.6. The third-order valence-corrected chi connectivity index (χ3v) is 5.39. The molecule has 1 aromatic carbocycles. The van der Waals surface area contributed by atoms with Crippen LogP contribution in [-0.4, -0.2) is 69.2 Å². The molecule has 1 aromatic heterocycles. The van der Waals surface area contributed by atoms with Gasteiger partial charge in [-0.3, -0.25) is 18.4 Å². The molecular formula is C18H22N3O10P. The lowest BCUT2D eigenvalue weighted by Crippen LogP contribution is -2.36. The summed E-state index contributed by atoms with van der Waals surface area (Å²) in [5, 5.41) is 22.7. The smallest absolute Gasteiger partial charge is 0.472 e. The van der Waals surface area contributed by atoms with Crippen molar-refractivity contribution in [1.29, 1.82) is 0 Å². The SMILES string of the molecule is COP(=O)(O)OC[C@H]1O[C@@H](n2ccc(NC(=O)COc3ccccc3)nc2=O)[C@H](O)[C@@H]1O. The molecule has 0 spiro atoms. The highest BCUT2D eigenvalue weighted by molar-refractivity contribution is 7.47. The van der Waals surface area contributed by atoms with Crippen LogP contribution in [0.15, 0.2) is 47.4 Å². The fraction of sp³-hybridized carbons (Fsp3) is 0.389. The number of aliphatic hydroxyl groups is 2. The zero-order valence-corrected chi connectivity index (χ0v) is 17.7. The predicted molar refractivity (Wildman–Crippen MR) is 108 cm³/mol. The first-order valence-electron chi connectivity index (χ1n) is 9.32. The third kappa shape index (κ3) is 5.99. The van der Waals surface area contributed by atoms with Crippen molar-refractivity contribution in [3.8, 4) is 5.75 Å². The molecule has 2 aromatic rings. The summed E-state index contributed by atoms with van der Waals surface area (Å²) < 4.78 is 31.9. The van der Waals surface area contributed by atoms with E-state index in [1.807, 2.05) is 0 Å². The summed E-state index contributed by atoms with van der Waals surface area (Å²) in [4.78, 5) is 37.4. The number of rotatable bonds is 9. The van der Waals surface area contributed by atoms with Gasteiger partial charge >= 0.3 is 13.5 Å². The van der Waals surface area contributed by atoms with Crippen LogP contribution < -0.4 is 15.7 Å². The van der Waals surface area contributed by atoms with Crippen LogP contribution in [-0.2, 0) is 23.1 Å². The van der Waals surface area contributed by atoms with Crippen LogP contribution in [0.2, 0.25) is 0 Å². The van der Waals surface area contributed by atoms with Gasteiger partial charge in [-0.15, -0.1) is 0 Å². The molecule has 0 aliphatic carbocycles. The minimum atomic E-state index is -4.32. The Hall–Kier alpha value is -2.64. The van der Waals surface area contributed by atoms with Gasteiger partial charge in [0.1, 0.15) is 29.9 Å². The van der Waals surface area contributed by atoms with Gasteiger partial charge in [0.2, 0.25) is 0 Å². The number of amides is 1. The predicted octanol–water partition coefficient (Wildman–Crippen LogP) is -0.357. The standard InChI is InChI=1S/C18H22N3O10P/c1-28-32(26,27)30-9-12-15(23)16(24)17(31-12)21-8-7-13(20-18(21)25)19-14(22)10-29-11-5-3-2-4-6-11/h2-8,12,15-17,23-24H,9-10H2,1H3,(H,26,27)(H,19,20,22,25)/t12-,15-,16-,17-/m1/s1. The Morgan fingerprint density at radius 1 is 1.25 bits per heavy atom. The van der Waals surface area contributed by atoms with E-state index in [0.29, 0.717) is 5.75 Å². The number of para-hydroxylation sites is 1. The lowest BCUT2D eigenvalue weighted by molar-refractivity contribution is -0.118. The van der Waals surface area contributed by atoms with Crippen molar-refractivity contribution < 1.29 is 43.0 Å². The van der Waals surface area contributed by atoms with Crippen LogP contribution in [0, 0.1) is 0 Å². The van der Waals surface area contributed by atoms with Crippen molar-refractivity contribution in [3.05, 3.63) is 53.1 Å². The fourth-order valence-electron chi connectivity index (χ4n) is 2.84. The number of carbonyl (C=O) groups excluding carboxylic acids is 1. The largest absolute Gasteiger partial charge is 0.484 e. The lowest BCUT2D eigenvalue weighted by Gasteiger charge is -2.17. The van der Waals surface area contributed by atoms with Crippen LogP contribution in [0.5, 0.6) is 5.75 Å². The van der Waals surface area contributed by atoms with Gasteiger partial charge in [-0.2, -0.15) is 4.98 Å². The van der Waals surface area contributed by atoms with Crippen LogP contribution in [0.4, 0.5) is 5.82 Å². The fourth-order valence-corrected chi connectivity index (χ4v) is 3.28. The highest BCUT2D eigenvalue weighted by Gasteiger charge is 2.45. The molecule has 32 heavy (non-hydrogen) atoms. The molecule has 0 saturated carbocycles. The monoisotopic (exact) mass is 471 g/mol. The molecule has 13 nitrogen and oxygen atoms in total. The van der Waals surface area contributed by atoms with E-state index in [4.69, 9.17) is 9.47 Å². The van der Waals surface area contributed by atoms with Gasteiger partial charge in [0.25, 0.3) is 5.91 Å². The number of nitrogens with one attached hydrogen (secondary N) is 1. The second-order valence-electron chi connectivity index (χ2n) is 6.65. The molecule has 0 bridgehead atoms. The number of aromatic nitrogens is 2. The number of hydrogen-bond acceptors (Lipinski definition) is 10. The Balaban J connectivity index is 1.61. The zero-order chi connectivity index (χ0) is 23.3. The van der Waals surface area contributed by atoms with E-state index in [-0.39, 0.29) is 12.4 Å². The second kappa shape index (κ2) is 10.3. The number of phosphoric ester groups is 1. The minimum Gasteiger partial charge on any atom is -0.484 e. The molecule has 4 N–H and O–H groups in total. The Morgan fingerprint density at radius 2 is 1.97 bits per heavy atom. The summed E-state index contributed by atoms with van der Waals surface area (Å²) in [6.45, 7) is -0.878. The maximum absolute atomic E-state index is 12.4. The second-order valence-corrected chi connectivity index (χ2v) is 8.21. The maximum Gasteiger partial charge on any atom is 0.472 e. The number of carbonyl (C=O) groups is 1. The van der Waals surface area contributed by atoms with E-state index in [2.05, 4.69) is 19.3 Å². The summed E-state index contributed by atoms with van der Waals surface area (Å²) >= 11 is 0. The van der Waals surface area contributed by atoms with Crippen molar-refractivity contribution in [2.45, 2.75) is 24.5 Å². The molecule has 14 heteroatoms. The first kappa shape index (κ1) is 24.0. The summed E-state index contributed by atoms with van der Waals surface area (Å²) in [6.07, 6.45) is -4.42. The van der Waals surface area contributed by atoms with Gasteiger partial charge in [-0.05, 0) is 18.2 Å². The summed E-state index contributed by atoms with van der Waals surface area (Å²) in [5.41, 5.74) is -0.880. The molecule has 1 unspecified atom stereocenters. The van der Waals surface area contributed by atoms with Crippen molar-refractivity contribution in [1.82, 2.24) is 9.55 Å². The van der Waals surface area contributed by atoms with E-state index in [9.17, 15) is 29.3 Å². The molecule has 0 radical (unpaired) electrons. The number of phosphoric acid groups is 1. The molecule has 3 rings (SSSR count). The molecule has 1 aliphatic rings. The molecule has 1 aliphatic heterocycles. The molecule has 5 atom stereocenters. The number of anilines is 1. The first-order chi connectivity index (χ1) is 15.2. The Morgan fingerprint density at radius 3 is 2.62 bits per heavy atom. The molecule has 2 heterocycles. The number of aliphatic hydroxyl groups excluding tert-OH is 2. The molecule has 174 valence electrons.